The van der Waals surface area contributed by atoms with Crippen LogP contribution in [0.15, 0.2) is 225 Å². The minimum Gasteiger partial charge on any atom is -0.309 e. The van der Waals surface area contributed by atoms with E-state index in [9.17, 15) is 0 Å². The molecule has 12 rings (SSSR count). The number of hydrogen-bond acceptors (Lipinski definition) is 3. The minimum absolute atomic E-state index is 0.677. The molecule has 0 saturated carbocycles. The van der Waals surface area contributed by atoms with E-state index in [1.807, 2.05) is 48.8 Å². The number of nitrogens with zero attached hydrogens (tertiary/aromatic N) is 5. The molecule has 4 aromatic heterocycles. The lowest BCUT2D eigenvalue weighted by molar-refractivity contribution is 1.15. The third-order valence-corrected chi connectivity index (χ3v) is 12.0. The summed E-state index contributed by atoms with van der Waals surface area (Å²) < 4.78 is 4.71. The Balaban J connectivity index is 0.997. The standard InChI is InChI=1S/C57H37N5/c1-5-14-38(15-6-1)41-24-27-53-47(33-41)48-34-42(25-28-54(48)61(53)45-21-11-4-12-22-45)43-26-29-55-49(35-43)50-37-58-31-30-56(50)62(55)46-23-13-20-44(32-46)57-59-51(39-16-7-2-8-17-39)36-52(60-57)40-18-9-3-10-19-40/h1-37H. The first kappa shape index (κ1) is 35.5. The lowest BCUT2D eigenvalue weighted by Gasteiger charge is -2.12. The van der Waals surface area contributed by atoms with Crippen LogP contribution in [0.25, 0.3) is 111 Å². The average Bonchev–Trinajstić information content (AvgIpc) is 3.87. The van der Waals surface area contributed by atoms with Crippen molar-refractivity contribution in [3.05, 3.63) is 225 Å². The molecule has 8 aromatic carbocycles. The molecule has 0 aliphatic heterocycles. The molecule has 0 N–H and O–H groups in total. The Bertz CT molecular complexity index is 3550. The molecule has 0 fully saturated rings. The predicted octanol–water partition coefficient (Wildman–Crippen LogP) is 14.4. The van der Waals surface area contributed by atoms with Crippen LogP contribution in [0, 0.1) is 0 Å². The van der Waals surface area contributed by atoms with E-state index >= 15 is 0 Å². The van der Waals surface area contributed by atoms with Crippen molar-refractivity contribution in [2.45, 2.75) is 0 Å². The molecular formula is C57H37N5. The van der Waals surface area contributed by atoms with Gasteiger partial charge in [0.15, 0.2) is 5.82 Å². The zero-order chi connectivity index (χ0) is 41.0. The van der Waals surface area contributed by atoms with Crippen molar-refractivity contribution >= 4 is 43.6 Å². The van der Waals surface area contributed by atoms with Crippen LogP contribution in [-0.4, -0.2) is 24.1 Å². The molecule has 290 valence electrons. The molecule has 0 bridgehead atoms. The molecule has 5 heteroatoms. The molecule has 0 saturated heterocycles. The number of pyridine rings is 1. The highest BCUT2D eigenvalue weighted by atomic mass is 15.0. The maximum atomic E-state index is 5.14. The van der Waals surface area contributed by atoms with E-state index in [2.05, 4.69) is 190 Å². The summed E-state index contributed by atoms with van der Waals surface area (Å²) in [5.41, 5.74) is 16.2. The molecule has 0 atom stereocenters. The second-order valence-corrected chi connectivity index (χ2v) is 15.7. The van der Waals surface area contributed by atoms with Gasteiger partial charge >= 0.3 is 0 Å². The summed E-state index contributed by atoms with van der Waals surface area (Å²) in [5, 5.41) is 4.68. The van der Waals surface area contributed by atoms with Gasteiger partial charge in [-0.25, -0.2) is 9.97 Å². The zero-order valence-corrected chi connectivity index (χ0v) is 33.6. The van der Waals surface area contributed by atoms with Crippen LogP contribution in [-0.2, 0) is 0 Å². The topological polar surface area (TPSA) is 48.5 Å². The van der Waals surface area contributed by atoms with E-state index in [4.69, 9.17) is 9.97 Å². The largest absolute Gasteiger partial charge is 0.309 e. The minimum atomic E-state index is 0.677. The first-order valence-electron chi connectivity index (χ1n) is 20.9. The van der Waals surface area contributed by atoms with Crippen LogP contribution >= 0.6 is 0 Å². The molecule has 12 aromatic rings. The molecule has 62 heavy (non-hydrogen) atoms. The van der Waals surface area contributed by atoms with Gasteiger partial charge in [0.25, 0.3) is 0 Å². The molecule has 4 heterocycles. The lowest BCUT2D eigenvalue weighted by atomic mass is 9.99. The van der Waals surface area contributed by atoms with Crippen molar-refractivity contribution < 1.29 is 0 Å². The van der Waals surface area contributed by atoms with Crippen LogP contribution in [0.2, 0.25) is 0 Å². The number of aromatic nitrogens is 5. The van der Waals surface area contributed by atoms with Crippen LogP contribution in [0.4, 0.5) is 0 Å². The van der Waals surface area contributed by atoms with E-state index < -0.39 is 0 Å². The number of fused-ring (bicyclic) bond motifs is 6. The molecular weight excluding hydrogens is 755 g/mol. The van der Waals surface area contributed by atoms with E-state index in [0.29, 0.717) is 5.82 Å². The van der Waals surface area contributed by atoms with Crippen LogP contribution in [0.1, 0.15) is 0 Å². The van der Waals surface area contributed by atoms with Crippen molar-refractivity contribution in [3.8, 4) is 67.5 Å². The van der Waals surface area contributed by atoms with Gasteiger partial charge < -0.3 is 9.13 Å². The molecule has 0 amide bonds. The van der Waals surface area contributed by atoms with Crippen LogP contribution in [0.5, 0.6) is 0 Å². The van der Waals surface area contributed by atoms with Crippen molar-refractivity contribution in [1.29, 1.82) is 0 Å². The SMILES string of the molecule is c1ccc(-c2ccc3c(c2)c2cc(-c4ccc5c(c4)c4cnccc4n5-c4cccc(-c5nc(-c6ccccc6)cc(-c6ccccc6)n5)c4)ccc2n3-c2ccccc2)cc1. The smallest absolute Gasteiger partial charge is 0.160 e. The van der Waals surface area contributed by atoms with Crippen LogP contribution in [0.3, 0.4) is 0 Å². The fourth-order valence-electron chi connectivity index (χ4n) is 9.07. The van der Waals surface area contributed by atoms with E-state index in [1.165, 1.54) is 32.9 Å². The highest BCUT2D eigenvalue weighted by Gasteiger charge is 2.18. The number of para-hydroxylation sites is 1. The maximum Gasteiger partial charge on any atom is 0.160 e. The Morgan fingerprint density at radius 1 is 0.290 bits per heavy atom. The summed E-state index contributed by atoms with van der Waals surface area (Å²) in [7, 11) is 0. The Morgan fingerprint density at radius 3 is 1.29 bits per heavy atom. The highest BCUT2D eigenvalue weighted by Crippen LogP contribution is 2.40. The van der Waals surface area contributed by atoms with Gasteiger partial charge in [-0.3, -0.25) is 4.98 Å². The predicted molar refractivity (Wildman–Crippen MR) is 256 cm³/mol. The fourth-order valence-corrected chi connectivity index (χ4v) is 9.07. The number of benzene rings is 8. The van der Waals surface area contributed by atoms with E-state index in [1.54, 1.807) is 0 Å². The van der Waals surface area contributed by atoms with Crippen molar-refractivity contribution in [1.82, 2.24) is 24.1 Å². The number of rotatable bonds is 7. The van der Waals surface area contributed by atoms with Crippen molar-refractivity contribution in [2.75, 3.05) is 0 Å². The molecule has 0 unspecified atom stereocenters. The van der Waals surface area contributed by atoms with Gasteiger partial charge in [0.05, 0.1) is 33.5 Å². The van der Waals surface area contributed by atoms with Crippen molar-refractivity contribution in [3.63, 3.8) is 0 Å². The van der Waals surface area contributed by atoms with E-state index in [0.717, 1.165) is 72.4 Å². The maximum absolute atomic E-state index is 5.14. The van der Waals surface area contributed by atoms with E-state index in [-0.39, 0.29) is 0 Å². The third-order valence-electron chi connectivity index (χ3n) is 12.0. The Kier molecular flexibility index (Phi) is 8.42. The molecule has 0 radical (unpaired) electrons. The second-order valence-electron chi connectivity index (χ2n) is 15.7. The zero-order valence-electron chi connectivity index (χ0n) is 33.6. The van der Waals surface area contributed by atoms with Gasteiger partial charge in [-0.05, 0) is 95.1 Å². The Hall–Kier alpha value is -8.41. The summed E-state index contributed by atoms with van der Waals surface area (Å²) in [6, 6.07) is 75.3. The number of hydrogen-bond donors (Lipinski definition) is 0. The summed E-state index contributed by atoms with van der Waals surface area (Å²) in [6.07, 6.45) is 3.86. The van der Waals surface area contributed by atoms with Crippen LogP contribution < -0.4 is 0 Å². The highest BCUT2D eigenvalue weighted by molar-refractivity contribution is 6.13. The van der Waals surface area contributed by atoms with Gasteiger partial charge in [-0.1, -0.05) is 140 Å². The average molecular weight is 792 g/mol. The molecule has 0 aliphatic carbocycles. The molecule has 0 spiro atoms. The monoisotopic (exact) mass is 791 g/mol. The molecule has 5 nitrogen and oxygen atoms in total. The van der Waals surface area contributed by atoms with Gasteiger partial charge in [-0.15, -0.1) is 0 Å². The van der Waals surface area contributed by atoms with Gasteiger partial charge in [0, 0.05) is 62.0 Å². The summed E-state index contributed by atoms with van der Waals surface area (Å²) >= 11 is 0. The third kappa shape index (κ3) is 6.06. The van der Waals surface area contributed by atoms with Crippen molar-refractivity contribution in [2.24, 2.45) is 0 Å². The fraction of sp³-hybridized carbons (Fsp3) is 0. The second kappa shape index (κ2) is 14.7. The van der Waals surface area contributed by atoms with Gasteiger partial charge in [0.2, 0.25) is 0 Å². The lowest BCUT2D eigenvalue weighted by Crippen LogP contribution is -1.98. The summed E-state index contributed by atoms with van der Waals surface area (Å²) in [6.45, 7) is 0. The molecule has 0 aliphatic rings. The first-order valence-corrected chi connectivity index (χ1v) is 20.9. The van der Waals surface area contributed by atoms with Gasteiger partial charge in [-0.2, -0.15) is 0 Å². The quantitative estimate of drug-likeness (QED) is 0.162. The summed E-state index contributed by atoms with van der Waals surface area (Å²) in [4.78, 5) is 14.9. The normalized spacial score (nSPS) is 11.5. The summed E-state index contributed by atoms with van der Waals surface area (Å²) in [5.74, 6) is 0.677. The Morgan fingerprint density at radius 2 is 0.726 bits per heavy atom. The van der Waals surface area contributed by atoms with Gasteiger partial charge in [0.1, 0.15) is 0 Å². The Labute approximate surface area is 358 Å². The first-order chi connectivity index (χ1) is 30.7.